The van der Waals surface area contributed by atoms with E-state index in [1.54, 1.807) is 27.8 Å². The molecule has 14 heteroatoms. The number of hydrogen-bond acceptors (Lipinski definition) is 11. The van der Waals surface area contributed by atoms with Gasteiger partial charge in [0.05, 0.1) is 19.2 Å². The molecule has 3 heterocycles. The van der Waals surface area contributed by atoms with E-state index in [9.17, 15) is 19.5 Å². The van der Waals surface area contributed by atoms with Gasteiger partial charge in [0, 0.05) is 29.9 Å². The normalized spacial score (nSPS) is 28.3. The number of amides is 2. The molecule has 13 nitrogen and oxygen atoms in total. The first-order valence-corrected chi connectivity index (χ1v) is 17.9. The molecule has 2 aromatic carbocycles. The molecule has 50 heavy (non-hydrogen) atoms. The summed E-state index contributed by atoms with van der Waals surface area (Å²) in [6.07, 6.45) is -2.53. The van der Waals surface area contributed by atoms with Crippen LogP contribution in [0, 0.1) is 8.99 Å². The highest BCUT2D eigenvalue weighted by Gasteiger charge is 2.75. The summed E-state index contributed by atoms with van der Waals surface area (Å²) in [5.41, 5.74) is -0.418. The maximum absolute atomic E-state index is 15.2. The first-order chi connectivity index (χ1) is 23.8. The Bertz CT molecular complexity index is 1590. The molecule has 0 spiro atoms. The molecular formula is C36H44IN3O10. The topological polar surface area (TPSA) is 153 Å². The van der Waals surface area contributed by atoms with Gasteiger partial charge in [0.1, 0.15) is 48.3 Å². The van der Waals surface area contributed by atoms with E-state index in [-0.39, 0.29) is 39.0 Å². The number of hydrogen-bond donors (Lipinski definition) is 2. The molecule has 6 rings (SSSR count). The van der Waals surface area contributed by atoms with Crippen molar-refractivity contribution >= 4 is 46.3 Å². The Morgan fingerprint density at radius 2 is 1.80 bits per heavy atom. The Morgan fingerprint density at radius 3 is 2.50 bits per heavy atom. The summed E-state index contributed by atoms with van der Waals surface area (Å²) in [5, 5.41) is 14.6. The average Bonchev–Trinajstić information content (AvgIpc) is 3.70. The predicted octanol–water partition coefficient (Wildman–Crippen LogP) is 2.50. The number of aliphatic hydroxyl groups excluding tert-OH is 1. The minimum Gasteiger partial charge on any atom is -0.460 e. The minimum atomic E-state index is -1.45. The summed E-state index contributed by atoms with van der Waals surface area (Å²) in [4.78, 5) is 63.5. The van der Waals surface area contributed by atoms with Crippen LogP contribution in [0.15, 0.2) is 54.6 Å². The number of fused-ring (bicyclic) bond motifs is 4. The smallest absolute Gasteiger partial charge is 0.327 e. The molecule has 1 aliphatic carbocycles. The van der Waals surface area contributed by atoms with Gasteiger partial charge in [-0.3, -0.25) is 24.0 Å². The fourth-order valence-electron chi connectivity index (χ4n) is 7.51. The number of halogens is 1. The van der Waals surface area contributed by atoms with E-state index >= 15 is 4.79 Å². The molecule has 0 radical (unpaired) electrons. The van der Waals surface area contributed by atoms with E-state index in [1.165, 1.54) is 9.96 Å². The van der Waals surface area contributed by atoms with Crippen molar-refractivity contribution in [1.82, 2.24) is 15.3 Å². The number of nitrogens with zero attached hydrogens (tertiary/aromatic N) is 2. The number of carbonyl (C=O) groups excluding carboxylic acids is 4. The molecule has 0 aromatic heterocycles. The van der Waals surface area contributed by atoms with E-state index in [1.807, 2.05) is 54.6 Å². The molecule has 3 aliphatic heterocycles. The molecule has 8 atom stereocenters. The number of ether oxygens (including phenoxy) is 4. The lowest BCUT2D eigenvalue weighted by Crippen LogP contribution is -2.70. The number of rotatable bonds is 12. The number of aliphatic hydroxyl groups is 1. The van der Waals surface area contributed by atoms with Crippen LogP contribution in [0.3, 0.4) is 0 Å². The van der Waals surface area contributed by atoms with Gasteiger partial charge in [-0.15, -0.1) is 0 Å². The third kappa shape index (κ3) is 7.28. The highest BCUT2D eigenvalue weighted by molar-refractivity contribution is 14.1. The first kappa shape index (κ1) is 36.6. The van der Waals surface area contributed by atoms with Crippen LogP contribution in [-0.2, 0) is 55.9 Å². The number of nitrogens with one attached hydrogen (secondary N) is 1. The second-order valence-electron chi connectivity index (χ2n) is 14.3. The first-order valence-electron chi connectivity index (χ1n) is 16.9. The van der Waals surface area contributed by atoms with Gasteiger partial charge >= 0.3 is 11.9 Å². The SMILES string of the molecule is CN(C(=O)C12CC3OC(=O)C1N(Cc1ccccc1I)OC2C1OCOC31)C(Cc1ccccc1)C(=O)NC(CO)CCC(=O)OC(C)(C)C. The zero-order valence-corrected chi connectivity index (χ0v) is 30.7. The van der Waals surface area contributed by atoms with E-state index in [2.05, 4.69) is 27.9 Å². The molecule has 4 fully saturated rings. The summed E-state index contributed by atoms with van der Waals surface area (Å²) in [7, 11) is 1.55. The van der Waals surface area contributed by atoms with Gasteiger partial charge in [-0.1, -0.05) is 48.5 Å². The monoisotopic (exact) mass is 805 g/mol. The third-order valence-corrected chi connectivity index (χ3v) is 10.9. The Kier molecular flexibility index (Phi) is 10.9. The van der Waals surface area contributed by atoms with Crippen molar-refractivity contribution in [2.75, 3.05) is 20.4 Å². The average molecular weight is 806 g/mol. The van der Waals surface area contributed by atoms with Gasteiger partial charge in [-0.25, -0.2) is 0 Å². The van der Waals surface area contributed by atoms with Crippen molar-refractivity contribution in [3.05, 3.63) is 69.3 Å². The van der Waals surface area contributed by atoms with Gasteiger partial charge in [0.2, 0.25) is 11.8 Å². The standard InChI is InChI=1S/C36H44IN3O10/c1-35(2,3)49-27(42)15-14-23(19-41)38-32(43)25(16-21-10-6-5-7-11-21)39(4)34(45)36-17-26-28-29(47-20-46-28)31(36)50-40(30(36)33(44)48-26)18-22-12-8-9-13-24(22)37/h5-13,23,25-26,28-31,41H,14-20H2,1-4H3,(H,38,43). The number of likely N-dealkylation sites (N-methyl/N-ethyl adjacent to an activating group) is 1. The summed E-state index contributed by atoms with van der Waals surface area (Å²) in [6, 6.07) is 14.0. The maximum Gasteiger partial charge on any atom is 0.327 e. The Hall–Kier alpha value is -3.15. The van der Waals surface area contributed by atoms with Gasteiger partial charge < -0.3 is 34.3 Å². The predicted molar refractivity (Wildman–Crippen MR) is 186 cm³/mol. The summed E-state index contributed by atoms with van der Waals surface area (Å²) in [6.45, 7) is 5.05. The quantitative estimate of drug-likeness (QED) is 0.241. The zero-order valence-electron chi connectivity index (χ0n) is 28.6. The van der Waals surface area contributed by atoms with E-state index in [4.69, 9.17) is 23.8 Å². The molecule has 3 saturated heterocycles. The van der Waals surface area contributed by atoms with Crippen LogP contribution < -0.4 is 5.32 Å². The van der Waals surface area contributed by atoms with Crippen molar-refractivity contribution in [2.45, 2.75) is 101 Å². The van der Waals surface area contributed by atoms with Crippen molar-refractivity contribution in [2.24, 2.45) is 5.41 Å². The largest absolute Gasteiger partial charge is 0.460 e. The molecule has 4 aliphatic rings. The Balaban J connectivity index is 1.30. The maximum atomic E-state index is 15.2. The van der Waals surface area contributed by atoms with Crippen LogP contribution in [0.5, 0.6) is 0 Å². The highest BCUT2D eigenvalue weighted by atomic mass is 127. The molecular weight excluding hydrogens is 761 g/mol. The van der Waals surface area contributed by atoms with Crippen LogP contribution in [-0.4, -0.2) is 107 Å². The van der Waals surface area contributed by atoms with E-state index < -0.39 is 83.9 Å². The minimum absolute atomic E-state index is 0.0188. The molecule has 2 N–H and O–H groups in total. The Morgan fingerprint density at radius 1 is 1.10 bits per heavy atom. The lowest BCUT2D eigenvalue weighted by molar-refractivity contribution is -0.204. The number of esters is 2. The van der Waals surface area contributed by atoms with Crippen LogP contribution in [0.2, 0.25) is 0 Å². The molecule has 8 unspecified atom stereocenters. The van der Waals surface area contributed by atoms with Crippen LogP contribution in [0.25, 0.3) is 0 Å². The lowest BCUT2D eigenvalue weighted by Gasteiger charge is -2.50. The van der Waals surface area contributed by atoms with Gasteiger partial charge in [-0.05, 0) is 67.0 Å². The van der Waals surface area contributed by atoms with E-state index in [0.717, 1.165) is 14.7 Å². The van der Waals surface area contributed by atoms with Gasteiger partial charge in [0.15, 0.2) is 6.04 Å². The zero-order chi connectivity index (χ0) is 35.8. The van der Waals surface area contributed by atoms with E-state index in [0.29, 0.717) is 0 Å². The van der Waals surface area contributed by atoms with Gasteiger partial charge in [0.25, 0.3) is 0 Å². The van der Waals surface area contributed by atoms with Crippen LogP contribution in [0.4, 0.5) is 0 Å². The summed E-state index contributed by atoms with van der Waals surface area (Å²) < 4.78 is 24.1. The van der Waals surface area contributed by atoms with Gasteiger partial charge in [-0.2, -0.15) is 5.06 Å². The fourth-order valence-corrected chi connectivity index (χ4v) is 8.07. The number of benzene rings is 2. The summed E-state index contributed by atoms with van der Waals surface area (Å²) in [5.74, 6) is -2.02. The van der Waals surface area contributed by atoms with Crippen molar-refractivity contribution in [1.29, 1.82) is 0 Å². The molecule has 2 aromatic rings. The van der Waals surface area contributed by atoms with Crippen molar-refractivity contribution in [3.8, 4) is 0 Å². The van der Waals surface area contributed by atoms with Crippen molar-refractivity contribution in [3.63, 3.8) is 0 Å². The Labute approximate surface area is 305 Å². The summed E-state index contributed by atoms with van der Waals surface area (Å²) >= 11 is 2.22. The fraction of sp³-hybridized carbons (Fsp3) is 0.556. The second-order valence-corrected chi connectivity index (χ2v) is 15.5. The lowest BCUT2D eigenvalue weighted by atomic mass is 9.62. The highest BCUT2D eigenvalue weighted by Crippen LogP contribution is 2.56. The van der Waals surface area contributed by atoms with Crippen molar-refractivity contribution < 1.29 is 48.1 Å². The second kappa shape index (κ2) is 14.8. The molecule has 2 bridgehead atoms. The number of carbonyl (C=O) groups is 4. The molecule has 270 valence electrons. The third-order valence-electron chi connectivity index (χ3n) is 9.80. The van der Waals surface area contributed by atoms with Crippen LogP contribution >= 0.6 is 22.6 Å². The van der Waals surface area contributed by atoms with Crippen LogP contribution in [0.1, 0.15) is 51.2 Å². The molecule has 2 amide bonds. The molecule has 1 saturated carbocycles. The number of hydroxylamine groups is 2.